The molecule has 1 atom stereocenters. The van der Waals surface area contributed by atoms with E-state index in [1.165, 1.54) is 0 Å². The van der Waals surface area contributed by atoms with Gasteiger partial charge < -0.3 is 20.1 Å². The molecule has 0 saturated carbocycles. The van der Waals surface area contributed by atoms with E-state index in [0.717, 1.165) is 28.3 Å². The van der Waals surface area contributed by atoms with Gasteiger partial charge in [0.15, 0.2) is 0 Å². The molecule has 3 rings (SSSR count). The predicted molar refractivity (Wildman–Crippen MR) is 118 cm³/mol. The molecule has 0 fully saturated rings. The number of amides is 1. The predicted octanol–water partition coefficient (Wildman–Crippen LogP) is 4.68. The SMILES string of the molecule is COc1ccc(-c2cc(N[C@@H](C)C(=O)Nc3ccccc3C#N)ccc2OC)cc1. The molecule has 3 aromatic rings. The maximum atomic E-state index is 12.6. The lowest BCUT2D eigenvalue weighted by Gasteiger charge is -2.18. The highest BCUT2D eigenvalue weighted by atomic mass is 16.5. The Kier molecular flexibility index (Phi) is 6.56. The first-order valence-electron chi connectivity index (χ1n) is 9.44. The number of nitriles is 1. The van der Waals surface area contributed by atoms with Crippen molar-refractivity contribution in [1.29, 1.82) is 5.26 Å². The van der Waals surface area contributed by atoms with Gasteiger partial charge >= 0.3 is 0 Å². The van der Waals surface area contributed by atoms with Crippen molar-refractivity contribution in [2.45, 2.75) is 13.0 Å². The Morgan fingerprint density at radius 3 is 2.40 bits per heavy atom. The van der Waals surface area contributed by atoms with E-state index in [-0.39, 0.29) is 5.91 Å². The largest absolute Gasteiger partial charge is 0.497 e. The minimum atomic E-state index is -0.520. The van der Waals surface area contributed by atoms with Crippen LogP contribution in [-0.4, -0.2) is 26.2 Å². The summed E-state index contributed by atoms with van der Waals surface area (Å²) < 4.78 is 10.7. The lowest BCUT2D eigenvalue weighted by atomic mass is 10.0. The van der Waals surface area contributed by atoms with Crippen molar-refractivity contribution in [3.05, 3.63) is 72.3 Å². The molecule has 1 amide bonds. The molecule has 0 aromatic heterocycles. The third-order valence-electron chi connectivity index (χ3n) is 4.68. The van der Waals surface area contributed by atoms with Gasteiger partial charge in [0.1, 0.15) is 23.6 Å². The Labute approximate surface area is 176 Å². The number of carbonyl (C=O) groups excluding carboxylic acids is 1. The summed E-state index contributed by atoms with van der Waals surface area (Å²) >= 11 is 0. The highest BCUT2D eigenvalue weighted by Gasteiger charge is 2.16. The number of anilines is 2. The van der Waals surface area contributed by atoms with Crippen molar-refractivity contribution in [2.24, 2.45) is 0 Å². The molecule has 0 radical (unpaired) electrons. The number of benzene rings is 3. The maximum Gasteiger partial charge on any atom is 0.246 e. The van der Waals surface area contributed by atoms with Crippen LogP contribution in [0.1, 0.15) is 12.5 Å². The van der Waals surface area contributed by atoms with Gasteiger partial charge in [0.25, 0.3) is 0 Å². The summed E-state index contributed by atoms with van der Waals surface area (Å²) in [6, 6.07) is 21.8. The molecule has 0 unspecified atom stereocenters. The summed E-state index contributed by atoms with van der Waals surface area (Å²) in [4.78, 5) is 12.6. The van der Waals surface area contributed by atoms with Gasteiger partial charge in [0.05, 0.1) is 25.5 Å². The van der Waals surface area contributed by atoms with Crippen LogP contribution < -0.4 is 20.1 Å². The molecule has 3 aromatic carbocycles. The van der Waals surface area contributed by atoms with Crippen molar-refractivity contribution in [2.75, 3.05) is 24.9 Å². The van der Waals surface area contributed by atoms with Crippen molar-refractivity contribution in [3.63, 3.8) is 0 Å². The number of hydrogen-bond donors (Lipinski definition) is 2. The van der Waals surface area contributed by atoms with Crippen LogP contribution in [0.4, 0.5) is 11.4 Å². The molecule has 0 saturated heterocycles. The maximum absolute atomic E-state index is 12.6. The van der Waals surface area contributed by atoms with Gasteiger partial charge in [-0.2, -0.15) is 5.26 Å². The molecule has 0 spiro atoms. The molecule has 0 aliphatic rings. The van der Waals surface area contributed by atoms with Gasteiger partial charge in [0, 0.05) is 11.3 Å². The van der Waals surface area contributed by atoms with E-state index in [1.807, 2.05) is 42.5 Å². The molecule has 2 N–H and O–H groups in total. The van der Waals surface area contributed by atoms with Crippen LogP contribution in [0, 0.1) is 11.3 Å². The van der Waals surface area contributed by atoms with E-state index in [2.05, 4.69) is 16.7 Å². The molecule has 0 aliphatic carbocycles. The zero-order valence-electron chi connectivity index (χ0n) is 17.1. The molecule has 30 heavy (non-hydrogen) atoms. The second-order valence-corrected chi connectivity index (χ2v) is 6.66. The Hall–Kier alpha value is -3.98. The number of rotatable bonds is 7. The Morgan fingerprint density at radius 2 is 1.73 bits per heavy atom. The van der Waals surface area contributed by atoms with Crippen molar-refractivity contribution in [1.82, 2.24) is 0 Å². The molecular weight excluding hydrogens is 378 g/mol. The summed E-state index contributed by atoms with van der Waals surface area (Å²) in [5, 5.41) is 15.2. The molecule has 152 valence electrons. The van der Waals surface area contributed by atoms with E-state index in [4.69, 9.17) is 9.47 Å². The number of hydrogen-bond acceptors (Lipinski definition) is 5. The van der Waals surface area contributed by atoms with E-state index in [1.54, 1.807) is 45.4 Å². The molecule has 6 nitrogen and oxygen atoms in total. The van der Waals surface area contributed by atoms with Gasteiger partial charge in [-0.25, -0.2) is 0 Å². The first kappa shape index (κ1) is 20.7. The zero-order valence-corrected chi connectivity index (χ0v) is 17.1. The van der Waals surface area contributed by atoms with Gasteiger partial charge in [-0.1, -0.05) is 24.3 Å². The summed E-state index contributed by atoms with van der Waals surface area (Å²) in [5.74, 6) is 1.26. The number of carbonyl (C=O) groups is 1. The standard InChI is InChI=1S/C24H23N3O3/c1-16(24(28)27-22-7-5-4-6-18(22)15-25)26-19-10-13-23(30-3)21(14-19)17-8-11-20(29-2)12-9-17/h4-14,16,26H,1-3H3,(H,27,28)/t16-/m0/s1. The highest BCUT2D eigenvalue weighted by Crippen LogP contribution is 2.33. The molecular formula is C24H23N3O3. The first-order chi connectivity index (χ1) is 14.5. The minimum Gasteiger partial charge on any atom is -0.497 e. The van der Waals surface area contributed by atoms with E-state index in [9.17, 15) is 10.1 Å². The summed E-state index contributed by atoms with van der Waals surface area (Å²) in [5.41, 5.74) is 3.55. The van der Waals surface area contributed by atoms with Crippen LogP contribution in [0.5, 0.6) is 11.5 Å². The average Bonchev–Trinajstić information content (AvgIpc) is 2.79. The number of para-hydroxylation sites is 1. The van der Waals surface area contributed by atoms with Gasteiger partial charge in [-0.15, -0.1) is 0 Å². The molecule has 0 heterocycles. The van der Waals surface area contributed by atoms with Crippen LogP contribution >= 0.6 is 0 Å². The van der Waals surface area contributed by atoms with Crippen LogP contribution in [-0.2, 0) is 4.79 Å². The van der Waals surface area contributed by atoms with E-state index >= 15 is 0 Å². The van der Waals surface area contributed by atoms with Gasteiger partial charge in [-0.3, -0.25) is 4.79 Å². The van der Waals surface area contributed by atoms with Crippen LogP contribution in [0.25, 0.3) is 11.1 Å². The third-order valence-corrected chi connectivity index (χ3v) is 4.68. The van der Waals surface area contributed by atoms with Gasteiger partial charge in [-0.05, 0) is 55.0 Å². The Morgan fingerprint density at radius 1 is 1.00 bits per heavy atom. The number of nitrogens with zero attached hydrogens (tertiary/aromatic N) is 1. The minimum absolute atomic E-state index is 0.237. The van der Waals surface area contributed by atoms with Crippen LogP contribution in [0.15, 0.2) is 66.7 Å². The average molecular weight is 401 g/mol. The summed E-state index contributed by atoms with van der Waals surface area (Å²) in [6.07, 6.45) is 0. The summed E-state index contributed by atoms with van der Waals surface area (Å²) in [7, 11) is 3.25. The fraction of sp³-hybridized carbons (Fsp3) is 0.167. The first-order valence-corrected chi connectivity index (χ1v) is 9.44. The third kappa shape index (κ3) is 4.70. The second kappa shape index (κ2) is 9.48. The quantitative estimate of drug-likeness (QED) is 0.600. The van der Waals surface area contributed by atoms with Crippen LogP contribution in [0.2, 0.25) is 0 Å². The number of ether oxygens (including phenoxy) is 2. The topological polar surface area (TPSA) is 83.4 Å². The van der Waals surface area contributed by atoms with E-state index < -0.39 is 6.04 Å². The van der Waals surface area contributed by atoms with Crippen molar-refractivity contribution < 1.29 is 14.3 Å². The number of methoxy groups -OCH3 is 2. The Bertz CT molecular complexity index is 1070. The lowest BCUT2D eigenvalue weighted by molar-refractivity contribution is -0.116. The smallest absolute Gasteiger partial charge is 0.246 e. The van der Waals surface area contributed by atoms with Crippen molar-refractivity contribution >= 4 is 17.3 Å². The molecule has 6 heteroatoms. The molecule has 0 aliphatic heterocycles. The van der Waals surface area contributed by atoms with Crippen molar-refractivity contribution in [3.8, 4) is 28.7 Å². The fourth-order valence-corrected chi connectivity index (χ4v) is 3.04. The second-order valence-electron chi connectivity index (χ2n) is 6.66. The Balaban J connectivity index is 1.78. The summed E-state index contributed by atoms with van der Waals surface area (Å²) in [6.45, 7) is 1.77. The zero-order chi connectivity index (χ0) is 21.5. The monoisotopic (exact) mass is 401 g/mol. The normalized spacial score (nSPS) is 11.1. The fourth-order valence-electron chi connectivity index (χ4n) is 3.04. The highest BCUT2D eigenvalue weighted by molar-refractivity contribution is 5.97. The number of nitrogens with one attached hydrogen (secondary N) is 2. The molecule has 0 bridgehead atoms. The lowest BCUT2D eigenvalue weighted by Crippen LogP contribution is -2.32. The van der Waals surface area contributed by atoms with Crippen LogP contribution in [0.3, 0.4) is 0 Å². The van der Waals surface area contributed by atoms with Gasteiger partial charge in [0.2, 0.25) is 5.91 Å². The van der Waals surface area contributed by atoms with E-state index in [0.29, 0.717) is 11.3 Å².